The van der Waals surface area contributed by atoms with Gasteiger partial charge in [-0.2, -0.15) is 23.3 Å². The van der Waals surface area contributed by atoms with E-state index in [1.807, 2.05) is 0 Å². The van der Waals surface area contributed by atoms with Crippen molar-refractivity contribution in [1.82, 2.24) is 29.5 Å². The summed E-state index contributed by atoms with van der Waals surface area (Å²) in [5.74, 6) is -3.03. The second-order valence-electron chi connectivity index (χ2n) is 9.42. The third-order valence-electron chi connectivity index (χ3n) is 6.49. The first kappa shape index (κ1) is 26.3. The standard InChI is InChI=1S/C25H22F5N7O2/c1-14-31-13-32-37(14)20-8-7-17(11-19(20)27)33-23-34-21-18(15-3-5-16(26)6-4-15)12-24(2,9-10-36(21)35-23)39-22(38)25(28,29)30/h3-8,11,13,18H,9-10,12H2,1-2H3,(H,33,35)/t18-,24-/m1/s1. The molecule has 0 bridgehead atoms. The average molecular weight is 547 g/mol. The number of rotatable bonds is 5. The van der Waals surface area contributed by atoms with Gasteiger partial charge in [0.15, 0.2) is 5.82 Å². The van der Waals surface area contributed by atoms with E-state index in [2.05, 4.69) is 25.5 Å². The van der Waals surface area contributed by atoms with Crippen LogP contribution in [0, 0.1) is 18.6 Å². The Morgan fingerprint density at radius 2 is 1.90 bits per heavy atom. The summed E-state index contributed by atoms with van der Waals surface area (Å²) >= 11 is 0. The molecule has 204 valence electrons. The first-order valence-electron chi connectivity index (χ1n) is 11.9. The highest BCUT2D eigenvalue weighted by atomic mass is 19.4. The van der Waals surface area contributed by atoms with Crippen LogP contribution in [-0.2, 0) is 16.1 Å². The molecule has 4 aromatic rings. The molecule has 1 N–H and O–H groups in total. The minimum absolute atomic E-state index is 0.0168. The molecule has 0 saturated heterocycles. The van der Waals surface area contributed by atoms with Crippen LogP contribution in [-0.4, -0.2) is 47.3 Å². The Bertz CT molecular complexity index is 1520. The number of carbonyl (C=O) groups excluding carboxylic acids is 1. The van der Waals surface area contributed by atoms with Gasteiger partial charge in [-0.1, -0.05) is 12.1 Å². The molecule has 0 saturated carbocycles. The Morgan fingerprint density at radius 3 is 2.54 bits per heavy atom. The zero-order valence-corrected chi connectivity index (χ0v) is 20.7. The summed E-state index contributed by atoms with van der Waals surface area (Å²) in [4.78, 5) is 20.2. The third kappa shape index (κ3) is 5.45. The van der Waals surface area contributed by atoms with E-state index in [9.17, 15) is 26.7 Å². The molecule has 14 heteroatoms. The largest absolute Gasteiger partial charge is 0.490 e. The van der Waals surface area contributed by atoms with Crippen LogP contribution in [0.4, 0.5) is 33.6 Å². The number of esters is 1. The number of anilines is 2. The average Bonchev–Trinajstić information content (AvgIpc) is 3.44. The molecule has 0 radical (unpaired) electrons. The molecular weight excluding hydrogens is 525 g/mol. The highest BCUT2D eigenvalue weighted by molar-refractivity contribution is 5.76. The lowest BCUT2D eigenvalue weighted by atomic mass is 9.85. The van der Waals surface area contributed by atoms with Gasteiger partial charge in [-0.15, -0.1) is 5.10 Å². The van der Waals surface area contributed by atoms with Gasteiger partial charge in [-0.25, -0.2) is 27.9 Å². The zero-order chi connectivity index (χ0) is 27.9. The summed E-state index contributed by atoms with van der Waals surface area (Å²) in [6.45, 7) is 3.19. The molecule has 5 rings (SSSR count). The fourth-order valence-corrected chi connectivity index (χ4v) is 4.55. The molecule has 0 amide bonds. The SMILES string of the molecule is Cc1ncnn1-c1ccc(Nc2nc3n(n2)CC[C@@](C)(OC(=O)C(F)(F)F)C[C@@H]3c2ccc(F)cc2)cc1F. The van der Waals surface area contributed by atoms with Gasteiger partial charge in [-0.3, -0.25) is 0 Å². The van der Waals surface area contributed by atoms with E-state index in [0.717, 1.165) is 0 Å². The molecule has 3 heterocycles. The monoisotopic (exact) mass is 547 g/mol. The number of nitrogens with one attached hydrogen (secondary N) is 1. The number of carbonyl (C=O) groups is 1. The molecule has 2 aromatic heterocycles. The Morgan fingerprint density at radius 1 is 1.15 bits per heavy atom. The Kier molecular flexibility index (Phi) is 6.56. The summed E-state index contributed by atoms with van der Waals surface area (Å²) in [5, 5.41) is 11.4. The van der Waals surface area contributed by atoms with Crippen LogP contribution >= 0.6 is 0 Å². The highest BCUT2D eigenvalue weighted by Crippen LogP contribution is 2.40. The molecule has 1 aliphatic heterocycles. The maximum absolute atomic E-state index is 14.8. The molecule has 9 nitrogen and oxygen atoms in total. The zero-order valence-electron chi connectivity index (χ0n) is 20.7. The first-order valence-corrected chi connectivity index (χ1v) is 11.9. The van der Waals surface area contributed by atoms with Crippen LogP contribution in [0.2, 0.25) is 0 Å². The van der Waals surface area contributed by atoms with Crippen molar-refractivity contribution < 1.29 is 31.5 Å². The van der Waals surface area contributed by atoms with E-state index in [1.54, 1.807) is 13.0 Å². The maximum atomic E-state index is 14.8. The smallest absolute Gasteiger partial charge is 0.453 e. The van der Waals surface area contributed by atoms with E-state index in [1.165, 1.54) is 59.0 Å². The van der Waals surface area contributed by atoms with E-state index in [0.29, 0.717) is 22.9 Å². The quantitative estimate of drug-likeness (QED) is 0.278. The Hall–Kier alpha value is -4.36. The summed E-state index contributed by atoms with van der Waals surface area (Å²) < 4.78 is 75.1. The predicted octanol–water partition coefficient (Wildman–Crippen LogP) is 4.98. The third-order valence-corrected chi connectivity index (χ3v) is 6.49. The van der Waals surface area contributed by atoms with Crippen molar-refractivity contribution in [2.45, 2.75) is 50.9 Å². The van der Waals surface area contributed by atoms with Crippen molar-refractivity contribution in [3.8, 4) is 5.69 Å². The van der Waals surface area contributed by atoms with Crippen molar-refractivity contribution in [2.75, 3.05) is 5.32 Å². The number of alkyl halides is 3. The molecule has 0 spiro atoms. The number of halogens is 5. The van der Waals surface area contributed by atoms with Crippen LogP contribution in [0.5, 0.6) is 0 Å². The molecule has 39 heavy (non-hydrogen) atoms. The van der Waals surface area contributed by atoms with Gasteiger partial charge < -0.3 is 10.1 Å². The second kappa shape index (κ2) is 9.75. The molecular formula is C25H22F5N7O2. The molecule has 0 unspecified atom stereocenters. The van der Waals surface area contributed by atoms with Gasteiger partial charge >= 0.3 is 12.1 Å². The molecule has 0 aliphatic carbocycles. The lowest BCUT2D eigenvalue weighted by Gasteiger charge is -2.31. The number of hydrogen-bond acceptors (Lipinski definition) is 7. The fourth-order valence-electron chi connectivity index (χ4n) is 4.55. The number of aromatic nitrogens is 6. The Labute approximate surface area is 218 Å². The van der Waals surface area contributed by atoms with Crippen molar-refractivity contribution in [3.05, 3.63) is 77.6 Å². The number of aryl methyl sites for hydroxylation is 2. The van der Waals surface area contributed by atoms with Crippen LogP contribution in [0.3, 0.4) is 0 Å². The Balaban J connectivity index is 1.45. The van der Waals surface area contributed by atoms with Crippen LogP contribution in [0.15, 0.2) is 48.8 Å². The fraction of sp³-hybridized carbons (Fsp3) is 0.320. The summed E-state index contributed by atoms with van der Waals surface area (Å²) in [6.07, 6.45) is -3.88. The van der Waals surface area contributed by atoms with Gasteiger partial charge in [0.1, 0.15) is 35.1 Å². The van der Waals surface area contributed by atoms with Crippen molar-refractivity contribution >= 4 is 17.6 Å². The number of hydrogen-bond donors (Lipinski definition) is 1. The minimum atomic E-state index is -5.15. The van der Waals surface area contributed by atoms with E-state index < -0.39 is 35.3 Å². The van der Waals surface area contributed by atoms with Gasteiger partial charge in [0.2, 0.25) is 5.95 Å². The lowest BCUT2D eigenvalue weighted by Crippen LogP contribution is -2.39. The van der Waals surface area contributed by atoms with Gasteiger partial charge in [0, 0.05) is 31.0 Å². The number of nitrogens with zero attached hydrogens (tertiary/aromatic N) is 6. The summed E-state index contributed by atoms with van der Waals surface area (Å²) in [7, 11) is 0. The topological polar surface area (TPSA) is 99.8 Å². The van der Waals surface area contributed by atoms with E-state index in [4.69, 9.17) is 4.74 Å². The van der Waals surface area contributed by atoms with Crippen molar-refractivity contribution in [3.63, 3.8) is 0 Å². The van der Waals surface area contributed by atoms with Gasteiger partial charge in [0.25, 0.3) is 0 Å². The van der Waals surface area contributed by atoms with Gasteiger partial charge in [0.05, 0.1) is 0 Å². The van der Waals surface area contributed by atoms with Crippen molar-refractivity contribution in [1.29, 1.82) is 0 Å². The van der Waals surface area contributed by atoms with E-state index >= 15 is 0 Å². The van der Waals surface area contributed by atoms with Gasteiger partial charge in [-0.05, 0) is 49.7 Å². The predicted molar refractivity (Wildman–Crippen MR) is 127 cm³/mol. The normalized spacial score (nSPS) is 19.3. The number of benzene rings is 2. The molecule has 2 atom stereocenters. The summed E-state index contributed by atoms with van der Waals surface area (Å²) in [6, 6.07) is 9.79. The van der Waals surface area contributed by atoms with E-state index in [-0.39, 0.29) is 31.0 Å². The minimum Gasteiger partial charge on any atom is -0.453 e. The van der Waals surface area contributed by atoms with Crippen LogP contribution in [0.25, 0.3) is 5.69 Å². The van der Waals surface area contributed by atoms with Crippen LogP contribution in [0.1, 0.15) is 42.9 Å². The van der Waals surface area contributed by atoms with Crippen molar-refractivity contribution in [2.24, 2.45) is 0 Å². The summed E-state index contributed by atoms with van der Waals surface area (Å²) in [5.41, 5.74) is -0.406. The molecule has 2 aromatic carbocycles. The number of ether oxygens (including phenoxy) is 1. The molecule has 1 aliphatic rings. The molecule has 0 fully saturated rings. The number of fused-ring (bicyclic) bond motifs is 1. The lowest BCUT2D eigenvalue weighted by molar-refractivity contribution is -0.214. The highest BCUT2D eigenvalue weighted by Gasteiger charge is 2.47. The second-order valence-corrected chi connectivity index (χ2v) is 9.42. The maximum Gasteiger partial charge on any atom is 0.490 e. The van der Waals surface area contributed by atoms with Crippen LogP contribution < -0.4 is 5.32 Å². The first-order chi connectivity index (χ1) is 18.4.